The van der Waals surface area contributed by atoms with Gasteiger partial charge in [0.2, 0.25) is 0 Å². The molecule has 1 N–H and O–H groups in total. The summed E-state index contributed by atoms with van der Waals surface area (Å²) in [5.41, 5.74) is 4.07. The number of aryl methyl sites for hydroxylation is 2. The van der Waals surface area contributed by atoms with E-state index in [0.717, 1.165) is 28.9 Å². The van der Waals surface area contributed by atoms with Crippen molar-refractivity contribution in [2.45, 2.75) is 20.3 Å². The van der Waals surface area contributed by atoms with Crippen molar-refractivity contribution in [3.63, 3.8) is 0 Å². The van der Waals surface area contributed by atoms with Crippen molar-refractivity contribution in [1.29, 1.82) is 0 Å². The normalized spacial score (nSPS) is 10.3. The van der Waals surface area contributed by atoms with Crippen LogP contribution in [0, 0.1) is 13.8 Å². The molecule has 122 valence electrons. The van der Waals surface area contributed by atoms with Gasteiger partial charge in [-0.25, -0.2) is 0 Å². The summed E-state index contributed by atoms with van der Waals surface area (Å²) in [6.07, 6.45) is 0.740. The van der Waals surface area contributed by atoms with E-state index in [1.807, 2.05) is 50.2 Å². The van der Waals surface area contributed by atoms with Crippen LogP contribution in [0.3, 0.4) is 0 Å². The summed E-state index contributed by atoms with van der Waals surface area (Å²) in [6, 6.07) is 11.5. The van der Waals surface area contributed by atoms with Crippen molar-refractivity contribution >= 4 is 5.91 Å². The van der Waals surface area contributed by atoms with E-state index in [1.54, 1.807) is 14.2 Å². The third-order valence-electron chi connectivity index (χ3n) is 3.84. The number of benzene rings is 2. The van der Waals surface area contributed by atoms with Gasteiger partial charge in [0.1, 0.15) is 0 Å². The lowest BCUT2D eigenvalue weighted by atomic mass is 10.0. The lowest BCUT2D eigenvalue weighted by Gasteiger charge is -2.13. The van der Waals surface area contributed by atoms with E-state index >= 15 is 0 Å². The highest BCUT2D eigenvalue weighted by atomic mass is 16.5. The Kier molecular flexibility index (Phi) is 5.63. The van der Waals surface area contributed by atoms with Crippen LogP contribution in [0.4, 0.5) is 0 Å². The van der Waals surface area contributed by atoms with Crippen molar-refractivity contribution in [2.24, 2.45) is 0 Å². The summed E-state index contributed by atoms with van der Waals surface area (Å²) in [7, 11) is 3.24. The molecule has 4 heteroatoms. The molecule has 0 saturated heterocycles. The molecular weight excluding hydrogens is 290 g/mol. The zero-order valence-corrected chi connectivity index (χ0v) is 14.1. The first kappa shape index (κ1) is 16.9. The molecule has 2 aromatic carbocycles. The van der Waals surface area contributed by atoms with Gasteiger partial charge in [0, 0.05) is 12.1 Å². The molecule has 0 atom stereocenters. The molecule has 0 aliphatic carbocycles. The van der Waals surface area contributed by atoms with Crippen molar-refractivity contribution in [2.75, 3.05) is 20.8 Å². The Morgan fingerprint density at radius 2 is 1.61 bits per heavy atom. The second-order valence-electron chi connectivity index (χ2n) is 5.51. The summed E-state index contributed by atoms with van der Waals surface area (Å²) in [5.74, 6) is 1.37. The monoisotopic (exact) mass is 313 g/mol. The van der Waals surface area contributed by atoms with Crippen molar-refractivity contribution in [1.82, 2.24) is 5.32 Å². The highest BCUT2D eigenvalue weighted by Gasteiger charge is 2.09. The van der Waals surface area contributed by atoms with Crippen LogP contribution < -0.4 is 14.8 Å². The molecule has 0 fully saturated rings. The van der Waals surface area contributed by atoms with Gasteiger partial charge >= 0.3 is 0 Å². The average Bonchev–Trinajstić information content (AvgIpc) is 2.56. The lowest BCUT2D eigenvalue weighted by Crippen LogP contribution is -2.25. The van der Waals surface area contributed by atoms with Crippen LogP contribution in [-0.4, -0.2) is 26.7 Å². The Hall–Kier alpha value is -2.49. The van der Waals surface area contributed by atoms with Crippen molar-refractivity contribution in [3.05, 3.63) is 58.7 Å². The first-order valence-electron chi connectivity index (χ1n) is 7.61. The Balaban J connectivity index is 1.98. The van der Waals surface area contributed by atoms with E-state index in [2.05, 4.69) is 5.32 Å². The Bertz CT molecular complexity index is 678. The fourth-order valence-corrected chi connectivity index (χ4v) is 2.41. The predicted octanol–water partition coefficient (Wildman–Crippen LogP) is 3.29. The Labute approximate surface area is 137 Å². The minimum atomic E-state index is -0.0527. The number of rotatable bonds is 6. The van der Waals surface area contributed by atoms with Crippen LogP contribution >= 0.6 is 0 Å². The summed E-state index contributed by atoms with van der Waals surface area (Å²) in [6.45, 7) is 4.60. The molecule has 0 aromatic heterocycles. The molecule has 2 aromatic rings. The summed E-state index contributed by atoms with van der Waals surface area (Å²) < 4.78 is 10.6. The molecule has 0 radical (unpaired) electrons. The van der Waals surface area contributed by atoms with Gasteiger partial charge in [-0.2, -0.15) is 0 Å². The topological polar surface area (TPSA) is 47.6 Å². The first-order chi connectivity index (χ1) is 11.0. The minimum Gasteiger partial charge on any atom is -0.493 e. The number of carbonyl (C=O) groups is 1. The van der Waals surface area contributed by atoms with Crippen molar-refractivity contribution < 1.29 is 14.3 Å². The number of ether oxygens (including phenoxy) is 2. The zero-order valence-electron chi connectivity index (χ0n) is 14.1. The molecule has 0 heterocycles. The molecule has 0 spiro atoms. The SMILES string of the molecule is COc1cc(C)c(CCNC(=O)c2ccc(C)cc2)cc1OC. The molecule has 4 nitrogen and oxygen atoms in total. The van der Waals surface area contributed by atoms with Gasteiger partial charge < -0.3 is 14.8 Å². The highest BCUT2D eigenvalue weighted by Crippen LogP contribution is 2.30. The van der Waals surface area contributed by atoms with Crippen LogP contribution in [0.2, 0.25) is 0 Å². The van der Waals surface area contributed by atoms with E-state index in [4.69, 9.17) is 9.47 Å². The predicted molar refractivity (Wildman–Crippen MR) is 91.5 cm³/mol. The lowest BCUT2D eigenvalue weighted by molar-refractivity contribution is 0.0954. The van der Waals surface area contributed by atoms with Gasteiger partial charge in [-0.15, -0.1) is 0 Å². The number of methoxy groups -OCH3 is 2. The number of amides is 1. The molecule has 23 heavy (non-hydrogen) atoms. The number of nitrogens with one attached hydrogen (secondary N) is 1. The van der Waals surface area contributed by atoms with E-state index in [1.165, 1.54) is 0 Å². The smallest absolute Gasteiger partial charge is 0.251 e. The second kappa shape index (κ2) is 7.68. The van der Waals surface area contributed by atoms with Crippen LogP contribution in [0.15, 0.2) is 36.4 Å². The summed E-state index contributed by atoms with van der Waals surface area (Å²) >= 11 is 0. The molecule has 0 aliphatic rings. The maximum absolute atomic E-state index is 12.1. The van der Waals surface area contributed by atoms with Crippen molar-refractivity contribution in [3.8, 4) is 11.5 Å². The van der Waals surface area contributed by atoms with Gasteiger partial charge in [-0.05, 0) is 55.7 Å². The first-order valence-corrected chi connectivity index (χ1v) is 7.61. The molecule has 0 saturated carbocycles. The molecule has 1 amide bonds. The largest absolute Gasteiger partial charge is 0.493 e. The van der Waals surface area contributed by atoms with Crippen LogP contribution in [0.25, 0.3) is 0 Å². The third kappa shape index (κ3) is 4.25. The quantitative estimate of drug-likeness (QED) is 0.890. The number of hydrogen-bond acceptors (Lipinski definition) is 3. The van der Waals surface area contributed by atoms with E-state index in [-0.39, 0.29) is 5.91 Å². The van der Waals surface area contributed by atoms with Gasteiger partial charge in [0.05, 0.1) is 14.2 Å². The highest BCUT2D eigenvalue weighted by molar-refractivity contribution is 5.94. The molecule has 2 rings (SSSR count). The van der Waals surface area contributed by atoms with Gasteiger partial charge in [0.15, 0.2) is 11.5 Å². The number of carbonyl (C=O) groups excluding carboxylic acids is 1. The van der Waals surface area contributed by atoms with Gasteiger partial charge in [-0.3, -0.25) is 4.79 Å². The van der Waals surface area contributed by atoms with Gasteiger partial charge in [-0.1, -0.05) is 17.7 Å². The van der Waals surface area contributed by atoms with Gasteiger partial charge in [0.25, 0.3) is 5.91 Å². The summed E-state index contributed by atoms with van der Waals surface area (Å²) in [5, 5.41) is 2.95. The minimum absolute atomic E-state index is 0.0527. The summed E-state index contributed by atoms with van der Waals surface area (Å²) in [4.78, 5) is 12.1. The van der Waals surface area contributed by atoms with E-state index < -0.39 is 0 Å². The Morgan fingerprint density at radius 1 is 1.00 bits per heavy atom. The molecule has 0 aliphatic heterocycles. The molecule has 0 unspecified atom stereocenters. The maximum atomic E-state index is 12.1. The fourth-order valence-electron chi connectivity index (χ4n) is 2.41. The third-order valence-corrected chi connectivity index (χ3v) is 3.84. The van der Waals surface area contributed by atoms with E-state index in [0.29, 0.717) is 17.9 Å². The van der Waals surface area contributed by atoms with Crippen LogP contribution in [0.1, 0.15) is 27.0 Å². The second-order valence-corrected chi connectivity index (χ2v) is 5.51. The Morgan fingerprint density at radius 3 is 2.22 bits per heavy atom. The average molecular weight is 313 g/mol. The molecular formula is C19H23NO3. The number of hydrogen-bond donors (Lipinski definition) is 1. The van der Waals surface area contributed by atoms with Crippen LogP contribution in [0.5, 0.6) is 11.5 Å². The molecule has 0 bridgehead atoms. The maximum Gasteiger partial charge on any atom is 0.251 e. The zero-order chi connectivity index (χ0) is 16.8. The standard InChI is InChI=1S/C19H23NO3/c1-13-5-7-15(8-6-13)19(21)20-10-9-16-12-18(23-4)17(22-3)11-14(16)2/h5-8,11-12H,9-10H2,1-4H3,(H,20,21). The van der Waals surface area contributed by atoms with Crippen LogP contribution in [-0.2, 0) is 6.42 Å². The fraction of sp³-hybridized carbons (Fsp3) is 0.316. The van der Waals surface area contributed by atoms with E-state index in [9.17, 15) is 4.79 Å².